The SMILES string of the molecule is CSc1cccc(NCCCN2CCNCC2)c1C#N. The Labute approximate surface area is 125 Å². The number of piperazine rings is 1. The summed E-state index contributed by atoms with van der Waals surface area (Å²) in [7, 11) is 0. The first-order chi connectivity index (χ1) is 9.85. The molecule has 0 spiro atoms. The molecule has 2 N–H and O–H groups in total. The van der Waals surface area contributed by atoms with E-state index < -0.39 is 0 Å². The Morgan fingerprint density at radius 2 is 2.20 bits per heavy atom. The first-order valence-electron chi connectivity index (χ1n) is 7.09. The molecule has 5 heteroatoms. The van der Waals surface area contributed by atoms with E-state index in [9.17, 15) is 5.26 Å². The number of nitrogens with one attached hydrogen (secondary N) is 2. The molecular weight excluding hydrogens is 268 g/mol. The van der Waals surface area contributed by atoms with E-state index in [2.05, 4.69) is 21.6 Å². The fourth-order valence-electron chi connectivity index (χ4n) is 2.42. The van der Waals surface area contributed by atoms with Gasteiger partial charge >= 0.3 is 0 Å². The summed E-state index contributed by atoms with van der Waals surface area (Å²) in [5, 5.41) is 16.0. The Hall–Kier alpha value is -1.22. The highest BCUT2D eigenvalue weighted by Crippen LogP contribution is 2.26. The van der Waals surface area contributed by atoms with Gasteiger partial charge in [-0.3, -0.25) is 0 Å². The van der Waals surface area contributed by atoms with Gasteiger partial charge in [0.1, 0.15) is 6.07 Å². The Morgan fingerprint density at radius 1 is 1.40 bits per heavy atom. The summed E-state index contributed by atoms with van der Waals surface area (Å²) in [5.41, 5.74) is 1.72. The minimum atomic E-state index is 0.766. The molecule has 0 aliphatic carbocycles. The van der Waals surface area contributed by atoms with Gasteiger partial charge in [-0.1, -0.05) is 6.07 Å². The Bertz CT molecular complexity index is 463. The fourth-order valence-corrected chi connectivity index (χ4v) is 3.00. The molecule has 1 heterocycles. The van der Waals surface area contributed by atoms with Crippen molar-refractivity contribution < 1.29 is 0 Å². The highest BCUT2D eigenvalue weighted by molar-refractivity contribution is 7.98. The van der Waals surface area contributed by atoms with Crippen LogP contribution in [-0.2, 0) is 0 Å². The van der Waals surface area contributed by atoms with E-state index in [0.717, 1.165) is 61.8 Å². The van der Waals surface area contributed by atoms with Gasteiger partial charge in [-0.25, -0.2) is 0 Å². The van der Waals surface area contributed by atoms with Crippen LogP contribution in [0.25, 0.3) is 0 Å². The number of anilines is 1. The molecular formula is C15H22N4S. The molecule has 0 bridgehead atoms. The van der Waals surface area contributed by atoms with Gasteiger partial charge in [0.25, 0.3) is 0 Å². The molecule has 2 rings (SSSR count). The van der Waals surface area contributed by atoms with Gasteiger partial charge < -0.3 is 15.5 Å². The van der Waals surface area contributed by atoms with Crippen LogP contribution in [0.5, 0.6) is 0 Å². The van der Waals surface area contributed by atoms with E-state index in [1.54, 1.807) is 11.8 Å². The number of thioether (sulfide) groups is 1. The molecule has 1 saturated heterocycles. The van der Waals surface area contributed by atoms with Gasteiger partial charge in [-0.2, -0.15) is 5.26 Å². The summed E-state index contributed by atoms with van der Waals surface area (Å²) in [4.78, 5) is 3.53. The first kappa shape index (κ1) is 15.2. The first-order valence-corrected chi connectivity index (χ1v) is 8.31. The van der Waals surface area contributed by atoms with Gasteiger partial charge in [-0.05, 0) is 31.4 Å². The minimum absolute atomic E-state index is 0.766. The standard InChI is InChI=1S/C15H22N4S/c1-20-15-5-2-4-14(13(15)12-16)18-6-3-9-19-10-7-17-8-11-19/h2,4-5,17-18H,3,6-11H2,1H3. The summed E-state index contributed by atoms with van der Waals surface area (Å²) < 4.78 is 0. The third kappa shape index (κ3) is 4.14. The largest absolute Gasteiger partial charge is 0.384 e. The zero-order valence-corrected chi connectivity index (χ0v) is 12.8. The van der Waals surface area contributed by atoms with Crippen LogP contribution in [0.15, 0.2) is 23.1 Å². The van der Waals surface area contributed by atoms with E-state index >= 15 is 0 Å². The van der Waals surface area contributed by atoms with Gasteiger partial charge in [0.05, 0.1) is 11.3 Å². The van der Waals surface area contributed by atoms with Gasteiger partial charge in [0, 0.05) is 37.6 Å². The number of rotatable bonds is 6. The number of hydrogen-bond acceptors (Lipinski definition) is 5. The zero-order chi connectivity index (χ0) is 14.2. The Morgan fingerprint density at radius 3 is 2.90 bits per heavy atom. The van der Waals surface area contributed by atoms with Crippen molar-refractivity contribution in [3.05, 3.63) is 23.8 Å². The average molecular weight is 290 g/mol. The van der Waals surface area contributed by atoms with Gasteiger partial charge in [0.15, 0.2) is 0 Å². The lowest BCUT2D eigenvalue weighted by Gasteiger charge is -2.27. The molecule has 108 valence electrons. The molecule has 4 nitrogen and oxygen atoms in total. The number of hydrogen-bond donors (Lipinski definition) is 2. The van der Waals surface area contributed by atoms with Crippen LogP contribution in [0.1, 0.15) is 12.0 Å². The van der Waals surface area contributed by atoms with E-state index in [1.807, 2.05) is 24.5 Å². The molecule has 1 aliphatic heterocycles. The fraction of sp³-hybridized carbons (Fsp3) is 0.533. The van der Waals surface area contributed by atoms with Crippen LogP contribution in [0, 0.1) is 11.3 Å². The van der Waals surface area contributed by atoms with E-state index in [-0.39, 0.29) is 0 Å². The molecule has 0 aromatic heterocycles. The maximum atomic E-state index is 9.27. The molecule has 0 amide bonds. The third-order valence-electron chi connectivity index (χ3n) is 3.53. The van der Waals surface area contributed by atoms with Crippen molar-refractivity contribution in [3.63, 3.8) is 0 Å². The monoisotopic (exact) mass is 290 g/mol. The van der Waals surface area contributed by atoms with Gasteiger partial charge in [0.2, 0.25) is 0 Å². The molecule has 1 aromatic rings. The molecule has 0 radical (unpaired) electrons. The highest BCUT2D eigenvalue weighted by atomic mass is 32.2. The summed E-state index contributed by atoms with van der Waals surface area (Å²) in [5.74, 6) is 0. The van der Waals surface area contributed by atoms with Crippen LogP contribution in [0.4, 0.5) is 5.69 Å². The highest BCUT2D eigenvalue weighted by Gasteiger charge is 2.09. The second-order valence-corrected chi connectivity index (χ2v) is 5.71. The molecule has 0 atom stereocenters. The quantitative estimate of drug-likeness (QED) is 0.620. The smallest absolute Gasteiger partial charge is 0.102 e. The lowest BCUT2D eigenvalue weighted by Crippen LogP contribution is -2.44. The van der Waals surface area contributed by atoms with Crippen molar-refractivity contribution in [1.82, 2.24) is 10.2 Å². The van der Waals surface area contributed by atoms with E-state index in [1.165, 1.54) is 0 Å². The van der Waals surface area contributed by atoms with E-state index in [0.29, 0.717) is 0 Å². The maximum absolute atomic E-state index is 9.27. The van der Waals surface area contributed by atoms with Crippen LogP contribution >= 0.6 is 11.8 Å². The summed E-state index contributed by atoms with van der Waals surface area (Å²) in [6, 6.07) is 8.29. The third-order valence-corrected chi connectivity index (χ3v) is 4.31. The zero-order valence-electron chi connectivity index (χ0n) is 12.0. The summed E-state index contributed by atoms with van der Waals surface area (Å²) in [6.07, 6.45) is 3.11. The van der Waals surface area contributed by atoms with Crippen molar-refractivity contribution in [2.24, 2.45) is 0 Å². The van der Waals surface area contributed by atoms with Crippen molar-refractivity contribution >= 4 is 17.4 Å². The molecule has 1 fully saturated rings. The van der Waals surface area contributed by atoms with Crippen molar-refractivity contribution in [2.75, 3.05) is 50.8 Å². The van der Waals surface area contributed by atoms with E-state index in [4.69, 9.17) is 0 Å². The molecule has 0 saturated carbocycles. The topological polar surface area (TPSA) is 51.1 Å². The number of benzene rings is 1. The van der Waals surface area contributed by atoms with Crippen LogP contribution in [-0.4, -0.2) is 50.4 Å². The summed E-state index contributed by atoms with van der Waals surface area (Å²) >= 11 is 1.62. The molecule has 1 aliphatic rings. The summed E-state index contributed by atoms with van der Waals surface area (Å²) in [6.45, 7) is 6.52. The van der Waals surface area contributed by atoms with Crippen molar-refractivity contribution in [2.45, 2.75) is 11.3 Å². The number of nitriles is 1. The van der Waals surface area contributed by atoms with Crippen LogP contribution in [0.3, 0.4) is 0 Å². The average Bonchev–Trinajstić information content (AvgIpc) is 2.52. The van der Waals surface area contributed by atoms with Crippen LogP contribution < -0.4 is 10.6 Å². The Kier molecular flexibility index (Phi) is 6.19. The van der Waals surface area contributed by atoms with Crippen LogP contribution in [0.2, 0.25) is 0 Å². The van der Waals surface area contributed by atoms with Gasteiger partial charge in [-0.15, -0.1) is 11.8 Å². The lowest BCUT2D eigenvalue weighted by molar-refractivity contribution is 0.240. The lowest BCUT2D eigenvalue weighted by atomic mass is 10.2. The maximum Gasteiger partial charge on any atom is 0.102 e. The molecule has 20 heavy (non-hydrogen) atoms. The second kappa shape index (κ2) is 8.15. The van der Waals surface area contributed by atoms with Crippen molar-refractivity contribution in [1.29, 1.82) is 5.26 Å². The number of nitrogens with zero attached hydrogens (tertiary/aromatic N) is 2. The predicted molar refractivity (Wildman–Crippen MR) is 85.4 cm³/mol. The molecule has 0 unspecified atom stereocenters. The minimum Gasteiger partial charge on any atom is -0.384 e. The second-order valence-electron chi connectivity index (χ2n) is 4.87. The predicted octanol–water partition coefficient (Wildman–Crippen LogP) is 1.99. The normalized spacial score (nSPS) is 15.8. The Balaban J connectivity index is 1.80. The molecule has 1 aromatic carbocycles. The van der Waals surface area contributed by atoms with Crippen molar-refractivity contribution in [3.8, 4) is 6.07 Å².